The van der Waals surface area contributed by atoms with Crippen LogP contribution in [0.2, 0.25) is 0 Å². The van der Waals surface area contributed by atoms with Gasteiger partial charge in [-0.3, -0.25) is 5.32 Å². The van der Waals surface area contributed by atoms with E-state index >= 15 is 0 Å². The highest BCUT2D eigenvalue weighted by Crippen LogP contribution is 2.32. The van der Waals surface area contributed by atoms with Crippen molar-refractivity contribution in [2.45, 2.75) is 26.9 Å². The zero-order chi connectivity index (χ0) is 18.7. The summed E-state index contributed by atoms with van der Waals surface area (Å²) in [4.78, 5) is 12.4. The Morgan fingerprint density at radius 3 is 2.54 bits per heavy atom. The first-order valence-corrected chi connectivity index (χ1v) is 9.00. The first-order valence-electron chi connectivity index (χ1n) is 8.21. The molecule has 0 spiro atoms. The summed E-state index contributed by atoms with van der Waals surface area (Å²) in [5.74, 6) is 0.496. The fourth-order valence-electron chi connectivity index (χ4n) is 2.71. The lowest BCUT2D eigenvalue weighted by atomic mass is 10.1. The minimum atomic E-state index is -0.551. The molecule has 3 aromatic rings. The van der Waals surface area contributed by atoms with Crippen LogP contribution in [0.3, 0.4) is 0 Å². The van der Waals surface area contributed by atoms with Gasteiger partial charge in [-0.05, 0) is 56.2 Å². The monoisotopic (exact) mass is 414 g/mol. The number of amides is 1. The Hall–Kier alpha value is -2.60. The average Bonchev–Trinajstić information content (AvgIpc) is 2.96. The molecule has 1 atom stereocenters. The maximum atomic E-state index is 12.4. The molecule has 1 aromatic heterocycles. The van der Waals surface area contributed by atoms with Crippen LogP contribution in [0.5, 0.6) is 0 Å². The normalized spacial score (nSPS) is 11.8. The van der Waals surface area contributed by atoms with Crippen LogP contribution in [0.1, 0.15) is 29.8 Å². The maximum Gasteiger partial charge on any atom is 0.412 e. The van der Waals surface area contributed by atoms with Gasteiger partial charge >= 0.3 is 6.09 Å². The standard InChI is InChI=1S/C20H19BrN2O3/c1-12-6-4-5-7-17(12)14(3)25-20(24)22-18-13(2)23-26-19(18)15-8-10-16(21)11-9-15/h4-11,14H,1-3H3,(H,22,24). The summed E-state index contributed by atoms with van der Waals surface area (Å²) >= 11 is 3.40. The van der Waals surface area contributed by atoms with Crippen molar-refractivity contribution >= 4 is 27.7 Å². The van der Waals surface area contributed by atoms with Gasteiger partial charge in [0, 0.05) is 10.0 Å². The van der Waals surface area contributed by atoms with Gasteiger partial charge in [0.25, 0.3) is 0 Å². The Bertz CT molecular complexity index is 919. The van der Waals surface area contributed by atoms with Crippen molar-refractivity contribution in [2.24, 2.45) is 0 Å². The molecule has 6 heteroatoms. The SMILES string of the molecule is Cc1ccccc1C(C)OC(=O)Nc1c(C)noc1-c1ccc(Br)cc1. The zero-order valence-corrected chi connectivity index (χ0v) is 16.3. The molecule has 26 heavy (non-hydrogen) atoms. The number of ether oxygens (including phenoxy) is 1. The predicted molar refractivity (Wildman–Crippen MR) is 104 cm³/mol. The number of aryl methyl sites for hydroxylation is 2. The van der Waals surface area contributed by atoms with E-state index in [1.54, 1.807) is 6.92 Å². The van der Waals surface area contributed by atoms with Crippen LogP contribution in [-0.4, -0.2) is 11.2 Å². The second-order valence-electron chi connectivity index (χ2n) is 6.01. The molecule has 0 fully saturated rings. The Labute approximate surface area is 160 Å². The number of nitrogens with one attached hydrogen (secondary N) is 1. The van der Waals surface area contributed by atoms with Crippen molar-refractivity contribution in [3.05, 3.63) is 69.8 Å². The lowest BCUT2D eigenvalue weighted by molar-refractivity contribution is 0.121. The van der Waals surface area contributed by atoms with Gasteiger partial charge in [0.1, 0.15) is 17.5 Å². The van der Waals surface area contributed by atoms with Gasteiger partial charge in [-0.1, -0.05) is 45.4 Å². The largest absolute Gasteiger partial charge is 0.441 e. The molecule has 2 aromatic carbocycles. The van der Waals surface area contributed by atoms with E-state index in [4.69, 9.17) is 9.26 Å². The topological polar surface area (TPSA) is 64.4 Å². The molecule has 0 saturated heterocycles. The number of rotatable bonds is 4. The fraction of sp³-hybridized carbons (Fsp3) is 0.200. The van der Waals surface area contributed by atoms with Crippen molar-refractivity contribution in [2.75, 3.05) is 5.32 Å². The van der Waals surface area contributed by atoms with Crippen LogP contribution < -0.4 is 5.32 Å². The molecular weight excluding hydrogens is 396 g/mol. The van der Waals surface area contributed by atoms with E-state index in [1.807, 2.05) is 62.4 Å². The van der Waals surface area contributed by atoms with Crippen LogP contribution >= 0.6 is 15.9 Å². The van der Waals surface area contributed by atoms with Crippen molar-refractivity contribution < 1.29 is 14.1 Å². The van der Waals surface area contributed by atoms with Crippen molar-refractivity contribution in [1.82, 2.24) is 5.16 Å². The van der Waals surface area contributed by atoms with Crippen LogP contribution in [-0.2, 0) is 4.74 Å². The molecule has 1 amide bonds. The first kappa shape index (κ1) is 18.2. The zero-order valence-electron chi connectivity index (χ0n) is 14.7. The maximum absolute atomic E-state index is 12.4. The molecule has 0 aliphatic carbocycles. The minimum absolute atomic E-state index is 0.368. The van der Waals surface area contributed by atoms with E-state index in [0.717, 1.165) is 21.2 Å². The molecule has 0 aliphatic rings. The Morgan fingerprint density at radius 1 is 1.15 bits per heavy atom. The molecular formula is C20H19BrN2O3. The van der Waals surface area contributed by atoms with Crippen LogP contribution in [0.4, 0.5) is 10.5 Å². The van der Waals surface area contributed by atoms with Gasteiger partial charge in [-0.15, -0.1) is 0 Å². The highest BCUT2D eigenvalue weighted by Gasteiger charge is 2.20. The summed E-state index contributed by atoms with van der Waals surface area (Å²) < 4.78 is 11.9. The third-order valence-corrected chi connectivity index (χ3v) is 4.64. The van der Waals surface area contributed by atoms with E-state index < -0.39 is 6.09 Å². The second kappa shape index (κ2) is 7.74. The van der Waals surface area contributed by atoms with Gasteiger partial charge in [-0.2, -0.15) is 0 Å². The van der Waals surface area contributed by atoms with Crippen LogP contribution in [0.25, 0.3) is 11.3 Å². The summed E-state index contributed by atoms with van der Waals surface area (Å²) in [7, 11) is 0. The molecule has 0 aliphatic heterocycles. The number of benzene rings is 2. The Morgan fingerprint density at radius 2 is 1.85 bits per heavy atom. The summed E-state index contributed by atoms with van der Waals surface area (Å²) in [6.07, 6.45) is -0.919. The molecule has 0 bridgehead atoms. The summed E-state index contributed by atoms with van der Waals surface area (Å²) in [6, 6.07) is 15.4. The smallest absolute Gasteiger partial charge is 0.412 e. The van der Waals surface area contributed by atoms with Crippen molar-refractivity contribution in [3.8, 4) is 11.3 Å². The number of carbonyl (C=O) groups excluding carboxylic acids is 1. The summed E-state index contributed by atoms with van der Waals surface area (Å²) in [6.45, 7) is 5.60. The molecule has 5 nitrogen and oxygen atoms in total. The number of halogens is 1. The van der Waals surface area contributed by atoms with Gasteiger partial charge in [-0.25, -0.2) is 4.79 Å². The van der Waals surface area contributed by atoms with Crippen LogP contribution in [0, 0.1) is 13.8 Å². The molecule has 1 N–H and O–H groups in total. The first-order chi connectivity index (χ1) is 12.5. The average molecular weight is 415 g/mol. The van der Waals surface area contributed by atoms with Gasteiger partial charge in [0.05, 0.1) is 0 Å². The summed E-state index contributed by atoms with van der Waals surface area (Å²) in [5, 5.41) is 6.73. The van der Waals surface area contributed by atoms with Gasteiger partial charge in [0.15, 0.2) is 5.76 Å². The molecule has 3 rings (SSSR count). The number of hydrogen-bond donors (Lipinski definition) is 1. The highest BCUT2D eigenvalue weighted by atomic mass is 79.9. The number of hydrogen-bond acceptors (Lipinski definition) is 4. The van der Waals surface area contributed by atoms with E-state index in [2.05, 4.69) is 26.4 Å². The van der Waals surface area contributed by atoms with E-state index in [1.165, 1.54) is 0 Å². The third kappa shape index (κ3) is 3.96. The number of anilines is 1. The molecule has 0 saturated carbocycles. The molecule has 1 heterocycles. The predicted octanol–water partition coefficient (Wildman–Crippen LogP) is 6.03. The summed E-state index contributed by atoms with van der Waals surface area (Å²) in [5.41, 5.74) is 3.95. The fourth-order valence-corrected chi connectivity index (χ4v) is 2.98. The minimum Gasteiger partial charge on any atom is -0.441 e. The quantitative estimate of drug-likeness (QED) is 0.565. The lowest BCUT2D eigenvalue weighted by Crippen LogP contribution is -2.17. The van der Waals surface area contributed by atoms with E-state index in [-0.39, 0.29) is 6.10 Å². The molecule has 1 unspecified atom stereocenters. The molecule has 134 valence electrons. The Kier molecular flexibility index (Phi) is 5.42. The Balaban J connectivity index is 1.77. The molecule has 0 radical (unpaired) electrons. The highest BCUT2D eigenvalue weighted by molar-refractivity contribution is 9.10. The lowest BCUT2D eigenvalue weighted by Gasteiger charge is -2.16. The number of nitrogens with zero attached hydrogens (tertiary/aromatic N) is 1. The van der Waals surface area contributed by atoms with Gasteiger partial charge in [0.2, 0.25) is 0 Å². The van der Waals surface area contributed by atoms with Crippen LogP contribution in [0.15, 0.2) is 57.5 Å². The number of carbonyl (C=O) groups is 1. The number of aromatic nitrogens is 1. The van der Waals surface area contributed by atoms with Gasteiger partial charge < -0.3 is 9.26 Å². The second-order valence-corrected chi connectivity index (χ2v) is 6.92. The van der Waals surface area contributed by atoms with Crippen molar-refractivity contribution in [1.29, 1.82) is 0 Å². The third-order valence-electron chi connectivity index (χ3n) is 4.11. The van der Waals surface area contributed by atoms with E-state index in [9.17, 15) is 4.79 Å². The van der Waals surface area contributed by atoms with Crippen molar-refractivity contribution in [3.63, 3.8) is 0 Å². The van der Waals surface area contributed by atoms with E-state index in [0.29, 0.717) is 17.1 Å².